The molecule has 1 aromatic carbocycles. The molecule has 7 nitrogen and oxygen atoms in total. The van der Waals surface area contributed by atoms with E-state index in [1.54, 1.807) is 45.0 Å². The maximum Gasteiger partial charge on any atom is 0.326 e. The molecule has 0 aromatic heterocycles. The molecule has 2 atom stereocenters. The van der Waals surface area contributed by atoms with Crippen molar-refractivity contribution in [3.63, 3.8) is 0 Å². The number of hydrogen-bond donors (Lipinski definition) is 2. The Balaban J connectivity index is 2.17. The molecule has 0 bridgehead atoms. The van der Waals surface area contributed by atoms with Crippen molar-refractivity contribution in [3.8, 4) is 5.75 Å². The molecule has 0 fully saturated rings. The number of anilines is 1. The number of carboxylic acid groups (broad SMARTS) is 1. The molecule has 0 saturated carbocycles. The number of carboxylic acids is 1. The maximum atomic E-state index is 12.3. The molecule has 2 rings (SSSR count). The van der Waals surface area contributed by atoms with Gasteiger partial charge in [0.25, 0.3) is 5.91 Å². The zero-order valence-electron chi connectivity index (χ0n) is 13.3. The summed E-state index contributed by atoms with van der Waals surface area (Å²) in [6, 6.07) is 5.93. The van der Waals surface area contributed by atoms with Crippen LogP contribution in [0.1, 0.15) is 20.8 Å². The number of nitrogens with zero attached hydrogens (tertiary/aromatic N) is 1. The van der Waals surface area contributed by atoms with Gasteiger partial charge in [0.05, 0.1) is 5.69 Å². The highest BCUT2D eigenvalue weighted by Crippen LogP contribution is 2.33. The van der Waals surface area contributed by atoms with Crippen LogP contribution in [0.5, 0.6) is 5.75 Å². The average molecular weight is 320 g/mol. The van der Waals surface area contributed by atoms with Crippen LogP contribution in [0.25, 0.3) is 0 Å². The van der Waals surface area contributed by atoms with E-state index in [2.05, 4.69) is 5.32 Å². The summed E-state index contributed by atoms with van der Waals surface area (Å²) in [5.41, 5.74) is 0.502. The van der Waals surface area contributed by atoms with Gasteiger partial charge in [-0.3, -0.25) is 14.5 Å². The van der Waals surface area contributed by atoms with E-state index in [4.69, 9.17) is 9.84 Å². The van der Waals surface area contributed by atoms with Crippen LogP contribution in [0.3, 0.4) is 0 Å². The van der Waals surface area contributed by atoms with Gasteiger partial charge in [0.2, 0.25) is 5.91 Å². The fraction of sp³-hybridized carbons (Fsp3) is 0.438. The van der Waals surface area contributed by atoms with Crippen molar-refractivity contribution in [2.24, 2.45) is 5.92 Å². The molecule has 0 aliphatic carbocycles. The minimum absolute atomic E-state index is 0.250. The Hall–Kier alpha value is -2.57. The summed E-state index contributed by atoms with van der Waals surface area (Å²) in [4.78, 5) is 37.0. The maximum absolute atomic E-state index is 12.3. The number of hydrogen-bond acceptors (Lipinski definition) is 4. The molecule has 124 valence electrons. The van der Waals surface area contributed by atoms with E-state index in [-0.39, 0.29) is 18.4 Å². The Kier molecular flexibility index (Phi) is 4.88. The SMILES string of the molecule is CC1Oc2ccccc2N(CC(=O)N[C@@H](C(=O)O)C(C)C)C1=O. The van der Waals surface area contributed by atoms with E-state index >= 15 is 0 Å². The number of benzene rings is 1. The second kappa shape index (κ2) is 6.68. The van der Waals surface area contributed by atoms with E-state index in [1.165, 1.54) is 4.90 Å². The highest BCUT2D eigenvalue weighted by Gasteiger charge is 2.33. The summed E-state index contributed by atoms with van der Waals surface area (Å²) in [7, 11) is 0. The van der Waals surface area contributed by atoms with Gasteiger partial charge in [0.1, 0.15) is 18.3 Å². The number of ether oxygens (including phenoxy) is 1. The number of rotatable bonds is 5. The third kappa shape index (κ3) is 3.61. The molecular formula is C16H20N2O5. The van der Waals surface area contributed by atoms with Crippen LogP contribution in [0.15, 0.2) is 24.3 Å². The Bertz CT molecular complexity index is 629. The lowest BCUT2D eigenvalue weighted by atomic mass is 10.0. The smallest absolute Gasteiger partial charge is 0.326 e. The summed E-state index contributed by atoms with van der Waals surface area (Å²) in [5.74, 6) is -1.71. The average Bonchev–Trinajstić information content (AvgIpc) is 2.48. The van der Waals surface area contributed by atoms with Crippen LogP contribution in [0, 0.1) is 5.92 Å². The third-order valence-electron chi connectivity index (χ3n) is 3.62. The number of carbonyl (C=O) groups excluding carboxylic acids is 2. The first kappa shape index (κ1) is 16.8. The molecule has 1 aliphatic rings. The summed E-state index contributed by atoms with van der Waals surface area (Å²) in [5, 5.41) is 11.6. The molecule has 7 heteroatoms. The van der Waals surface area contributed by atoms with Crippen LogP contribution >= 0.6 is 0 Å². The number of para-hydroxylation sites is 2. The molecule has 0 spiro atoms. The minimum atomic E-state index is -1.10. The Labute approximate surface area is 134 Å². The van der Waals surface area contributed by atoms with E-state index in [1.807, 2.05) is 0 Å². The second-order valence-electron chi connectivity index (χ2n) is 5.78. The third-order valence-corrected chi connectivity index (χ3v) is 3.62. The normalized spacial score (nSPS) is 18.2. The number of fused-ring (bicyclic) bond motifs is 1. The second-order valence-corrected chi connectivity index (χ2v) is 5.78. The molecule has 1 unspecified atom stereocenters. The van der Waals surface area contributed by atoms with Gasteiger partial charge in [-0.05, 0) is 25.0 Å². The van der Waals surface area contributed by atoms with E-state index in [9.17, 15) is 14.4 Å². The highest BCUT2D eigenvalue weighted by molar-refractivity contribution is 6.04. The number of amides is 2. The monoisotopic (exact) mass is 320 g/mol. The topological polar surface area (TPSA) is 95.9 Å². The van der Waals surface area contributed by atoms with Crippen LogP contribution in [-0.4, -0.2) is 41.6 Å². The first-order chi connectivity index (χ1) is 10.8. The van der Waals surface area contributed by atoms with Gasteiger partial charge >= 0.3 is 5.97 Å². The standard InChI is InChI=1S/C16H20N2O5/c1-9(2)14(16(21)22)17-13(19)8-18-11-6-4-5-7-12(11)23-10(3)15(18)20/h4-7,9-10,14H,8H2,1-3H3,(H,17,19)(H,21,22)/t10?,14-/m1/s1. The minimum Gasteiger partial charge on any atom is -0.480 e. The molecule has 0 saturated heterocycles. The van der Waals surface area contributed by atoms with Gasteiger partial charge in [0, 0.05) is 0 Å². The molecule has 2 amide bonds. The van der Waals surface area contributed by atoms with Gasteiger partial charge in [-0.2, -0.15) is 0 Å². The quantitative estimate of drug-likeness (QED) is 0.844. The fourth-order valence-electron chi connectivity index (χ4n) is 2.40. The first-order valence-electron chi connectivity index (χ1n) is 7.40. The van der Waals surface area contributed by atoms with Crippen molar-refractivity contribution in [3.05, 3.63) is 24.3 Å². The Morgan fingerprint density at radius 1 is 1.35 bits per heavy atom. The molecule has 1 heterocycles. The van der Waals surface area contributed by atoms with Crippen molar-refractivity contribution in [1.82, 2.24) is 5.32 Å². The Morgan fingerprint density at radius 3 is 2.61 bits per heavy atom. The fourth-order valence-corrected chi connectivity index (χ4v) is 2.40. The van der Waals surface area contributed by atoms with Crippen molar-refractivity contribution >= 4 is 23.5 Å². The molecule has 1 aliphatic heterocycles. The lowest BCUT2D eigenvalue weighted by Crippen LogP contribution is -2.52. The predicted octanol–water partition coefficient (Wildman–Crippen LogP) is 1.03. The van der Waals surface area contributed by atoms with Crippen molar-refractivity contribution < 1.29 is 24.2 Å². The molecule has 23 heavy (non-hydrogen) atoms. The number of nitrogens with one attached hydrogen (secondary N) is 1. The van der Waals surface area contributed by atoms with Gasteiger partial charge in [-0.1, -0.05) is 26.0 Å². The summed E-state index contributed by atoms with van der Waals surface area (Å²) < 4.78 is 5.50. The van der Waals surface area contributed by atoms with Crippen molar-refractivity contribution in [1.29, 1.82) is 0 Å². The van der Waals surface area contributed by atoms with Crippen molar-refractivity contribution in [2.75, 3.05) is 11.4 Å². The zero-order chi connectivity index (χ0) is 17.1. The summed E-state index contributed by atoms with van der Waals surface area (Å²) in [6.07, 6.45) is -0.696. The molecular weight excluding hydrogens is 300 g/mol. The van der Waals surface area contributed by atoms with Crippen LogP contribution in [0.4, 0.5) is 5.69 Å². The molecule has 2 N–H and O–H groups in total. The zero-order valence-corrected chi connectivity index (χ0v) is 13.3. The lowest BCUT2D eigenvalue weighted by Gasteiger charge is -2.32. The van der Waals surface area contributed by atoms with E-state index in [0.717, 1.165) is 0 Å². The predicted molar refractivity (Wildman–Crippen MR) is 83.3 cm³/mol. The van der Waals surface area contributed by atoms with Gasteiger partial charge in [0.15, 0.2) is 6.10 Å². The lowest BCUT2D eigenvalue weighted by molar-refractivity contribution is -0.142. The first-order valence-corrected chi connectivity index (χ1v) is 7.40. The van der Waals surface area contributed by atoms with Gasteiger partial charge < -0.3 is 15.2 Å². The van der Waals surface area contributed by atoms with E-state index < -0.39 is 24.0 Å². The Morgan fingerprint density at radius 2 is 2.00 bits per heavy atom. The highest BCUT2D eigenvalue weighted by atomic mass is 16.5. The van der Waals surface area contributed by atoms with Crippen LogP contribution in [0.2, 0.25) is 0 Å². The number of carbonyl (C=O) groups is 3. The van der Waals surface area contributed by atoms with Crippen LogP contribution in [-0.2, 0) is 14.4 Å². The van der Waals surface area contributed by atoms with Crippen LogP contribution < -0.4 is 15.0 Å². The summed E-state index contributed by atoms with van der Waals surface area (Å²) >= 11 is 0. The number of aliphatic carboxylic acids is 1. The largest absolute Gasteiger partial charge is 0.480 e. The molecule has 0 radical (unpaired) electrons. The summed E-state index contributed by atoms with van der Waals surface area (Å²) in [6.45, 7) is 4.77. The molecule has 1 aromatic rings. The van der Waals surface area contributed by atoms with Gasteiger partial charge in [-0.25, -0.2) is 4.79 Å². The van der Waals surface area contributed by atoms with Crippen molar-refractivity contribution in [2.45, 2.75) is 32.9 Å². The van der Waals surface area contributed by atoms with Gasteiger partial charge in [-0.15, -0.1) is 0 Å². The van der Waals surface area contributed by atoms with E-state index in [0.29, 0.717) is 11.4 Å².